The highest BCUT2D eigenvalue weighted by atomic mass is 19.1. The summed E-state index contributed by atoms with van der Waals surface area (Å²) in [5, 5.41) is 2.86. The lowest BCUT2D eigenvalue weighted by molar-refractivity contribution is -0.127. The lowest BCUT2D eigenvalue weighted by Gasteiger charge is -2.32. The molecule has 0 bridgehead atoms. The number of likely N-dealkylation sites (tertiary alicyclic amines) is 1. The standard InChI is InChI=1S/C23H26F2N8O2/c1-2-18(34)32-5-3-4-15(12-32)33-13-27-19-21(26)29-23(30-22(19)33)28-14-10-16(24)20(17(25)11-14)31-6-8-35-9-7-31/h2,10-11,13,15H,1,3-9,12H2,(H3,26,28,29,30). The topological polar surface area (TPSA) is 114 Å². The molecule has 1 aromatic carbocycles. The molecular formula is C23H26F2N8O2. The SMILES string of the molecule is C=CC(=O)N1CCCC(n2cnc3c(N)nc(Nc4cc(F)c(N5CCOCC5)c(F)c4)nc32)C1. The van der Waals surface area contributed by atoms with Gasteiger partial charge in [-0.3, -0.25) is 4.79 Å². The molecule has 2 aliphatic heterocycles. The zero-order valence-electron chi connectivity index (χ0n) is 19.1. The van der Waals surface area contributed by atoms with Crippen molar-refractivity contribution in [3.05, 3.63) is 42.7 Å². The summed E-state index contributed by atoms with van der Waals surface area (Å²) in [6, 6.07) is 2.35. The molecule has 2 saturated heterocycles. The van der Waals surface area contributed by atoms with Gasteiger partial charge >= 0.3 is 0 Å². The van der Waals surface area contributed by atoms with Gasteiger partial charge in [-0.1, -0.05) is 6.58 Å². The predicted molar refractivity (Wildman–Crippen MR) is 127 cm³/mol. The molecule has 35 heavy (non-hydrogen) atoms. The molecule has 2 aromatic heterocycles. The van der Waals surface area contributed by atoms with Crippen LogP contribution < -0.4 is 16.0 Å². The molecule has 4 heterocycles. The van der Waals surface area contributed by atoms with Gasteiger partial charge < -0.3 is 30.2 Å². The summed E-state index contributed by atoms with van der Waals surface area (Å²) in [6.07, 6.45) is 4.59. The molecular weight excluding hydrogens is 458 g/mol. The molecule has 5 rings (SSSR count). The molecule has 3 aromatic rings. The molecule has 1 unspecified atom stereocenters. The zero-order chi connectivity index (χ0) is 24.5. The van der Waals surface area contributed by atoms with Crippen LogP contribution in [0.2, 0.25) is 0 Å². The molecule has 2 fully saturated rings. The van der Waals surface area contributed by atoms with E-state index in [4.69, 9.17) is 10.5 Å². The van der Waals surface area contributed by atoms with Crippen molar-refractivity contribution >= 4 is 40.2 Å². The van der Waals surface area contributed by atoms with E-state index < -0.39 is 11.6 Å². The molecule has 1 amide bonds. The van der Waals surface area contributed by atoms with E-state index in [-0.39, 0.29) is 35.1 Å². The maximum Gasteiger partial charge on any atom is 0.246 e. The van der Waals surface area contributed by atoms with E-state index in [0.29, 0.717) is 50.6 Å². The number of amides is 1. The fourth-order valence-electron chi connectivity index (χ4n) is 4.63. The van der Waals surface area contributed by atoms with E-state index in [1.54, 1.807) is 16.1 Å². The summed E-state index contributed by atoms with van der Waals surface area (Å²) in [5.41, 5.74) is 7.09. The molecule has 0 radical (unpaired) electrons. The minimum absolute atomic E-state index is 0.0532. The number of imidazole rings is 1. The van der Waals surface area contributed by atoms with E-state index in [0.717, 1.165) is 12.8 Å². The second-order valence-corrected chi connectivity index (χ2v) is 8.55. The van der Waals surface area contributed by atoms with Crippen LogP contribution in [0.15, 0.2) is 31.1 Å². The fourth-order valence-corrected chi connectivity index (χ4v) is 4.63. The summed E-state index contributed by atoms with van der Waals surface area (Å²) in [6.45, 7) is 6.38. The number of halogens is 2. The average Bonchev–Trinajstić information content (AvgIpc) is 3.28. The maximum absolute atomic E-state index is 14.8. The number of rotatable bonds is 5. The highest BCUT2D eigenvalue weighted by Crippen LogP contribution is 2.31. The van der Waals surface area contributed by atoms with Gasteiger partial charge in [0.15, 0.2) is 23.1 Å². The van der Waals surface area contributed by atoms with Crippen molar-refractivity contribution in [2.45, 2.75) is 18.9 Å². The summed E-state index contributed by atoms with van der Waals surface area (Å²) in [4.78, 5) is 28.5. The number of carbonyl (C=O) groups is 1. The van der Waals surface area contributed by atoms with Crippen molar-refractivity contribution in [2.24, 2.45) is 0 Å². The van der Waals surface area contributed by atoms with E-state index in [9.17, 15) is 13.6 Å². The number of benzene rings is 1. The number of anilines is 4. The summed E-state index contributed by atoms with van der Waals surface area (Å²) in [7, 11) is 0. The van der Waals surface area contributed by atoms with Crippen LogP contribution in [0.25, 0.3) is 11.2 Å². The number of fused-ring (bicyclic) bond motifs is 1. The van der Waals surface area contributed by atoms with Gasteiger partial charge in [-0.15, -0.1) is 0 Å². The zero-order valence-corrected chi connectivity index (χ0v) is 19.1. The van der Waals surface area contributed by atoms with E-state index >= 15 is 0 Å². The van der Waals surface area contributed by atoms with Crippen LogP contribution in [-0.2, 0) is 9.53 Å². The molecule has 0 spiro atoms. The summed E-state index contributed by atoms with van der Waals surface area (Å²) >= 11 is 0. The fraction of sp³-hybridized carbons (Fsp3) is 0.391. The highest BCUT2D eigenvalue weighted by Gasteiger charge is 2.26. The van der Waals surface area contributed by atoms with Crippen LogP contribution in [-0.4, -0.2) is 69.7 Å². The third kappa shape index (κ3) is 4.48. The lowest BCUT2D eigenvalue weighted by Crippen LogP contribution is -2.39. The van der Waals surface area contributed by atoms with Gasteiger partial charge in [0.05, 0.1) is 25.6 Å². The first-order valence-corrected chi connectivity index (χ1v) is 11.4. The first kappa shape index (κ1) is 23.0. The Morgan fingerprint density at radius 1 is 1.20 bits per heavy atom. The third-order valence-electron chi connectivity index (χ3n) is 6.32. The van der Waals surface area contributed by atoms with Crippen LogP contribution in [0.3, 0.4) is 0 Å². The molecule has 12 heteroatoms. The van der Waals surface area contributed by atoms with Gasteiger partial charge in [-0.25, -0.2) is 13.8 Å². The quantitative estimate of drug-likeness (QED) is 0.532. The van der Waals surface area contributed by atoms with E-state index in [1.165, 1.54) is 18.2 Å². The van der Waals surface area contributed by atoms with Crippen LogP contribution in [0, 0.1) is 11.6 Å². The van der Waals surface area contributed by atoms with Crippen molar-refractivity contribution in [3.63, 3.8) is 0 Å². The van der Waals surface area contributed by atoms with E-state index in [1.807, 2.05) is 4.57 Å². The Kier molecular flexibility index (Phi) is 6.20. The normalized spacial score (nSPS) is 18.6. The number of nitrogen functional groups attached to an aromatic ring is 1. The Morgan fingerprint density at radius 3 is 2.66 bits per heavy atom. The van der Waals surface area contributed by atoms with Gasteiger partial charge in [0.25, 0.3) is 0 Å². The average molecular weight is 485 g/mol. The summed E-state index contributed by atoms with van der Waals surface area (Å²) < 4.78 is 36.8. The number of morpholine rings is 1. The van der Waals surface area contributed by atoms with Crippen molar-refractivity contribution < 1.29 is 18.3 Å². The Balaban J connectivity index is 1.43. The minimum Gasteiger partial charge on any atom is -0.382 e. The number of nitrogens with zero attached hydrogens (tertiary/aromatic N) is 6. The Labute approximate surface area is 200 Å². The Morgan fingerprint density at radius 2 is 1.94 bits per heavy atom. The molecule has 1 atom stereocenters. The van der Waals surface area contributed by atoms with Gasteiger partial charge in [0.1, 0.15) is 11.2 Å². The van der Waals surface area contributed by atoms with Gasteiger partial charge in [-0.05, 0) is 31.1 Å². The second-order valence-electron chi connectivity index (χ2n) is 8.55. The molecule has 2 aliphatic rings. The Bertz CT molecular complexity index is 1250. The summed E-state index contributed by atoms with van der Waals surface area (Å²) in [5.74, 6) is -1.29. The molecule has 184 valence electrons. The van der Waals surface area contributed by atoms with Gasteiger partial charge in [-0.2, -0.15) is 9.97 Å². The number of nitrogens with one attached hydrogen (secondary N) is 1. The molecule has 3 N–H and O–H groups in total. The number of nitrogens with two attached hydrogens (primary N) is 1. The van der Waals surface area contributed by atoms with Crippen LogP contribution in [0.1, 0.15) is 18.9 Å². The van der Waals surface area contributed by atoms with Crippen molar-refractivity contribution in [1.82, 2.24) is 24.4 Å². The number of piperidine rings is 1. The third-order valence-corrected chi connectivity index (χ3v) is 6.32. The van der Waals surface area contributed by atoms with Crippen LogP contribution >= 0.6 is 0 Å². The molecule has 0 aliphatic carbocycles. The molecule has 10 nitrogen and oxygen atoms in total. The van der Waals surface area contributed by atoms with Gasteiger partial charge in [0.2, 0.25) is 11.9 Å². The van der Waals surface area contributed by atoms with Gasteiger partial charge in [0, 0.05) is 31.9 Å². The molecule has 0 saturated carbocycles. The van der Waals surface area contributed by atoms with E-state index in [2.05, 4.69) is 26.8 Å². The number of aromatic nitrogens is 4. The number of hydrogen-bond donors (Lipinski definition) is 2. The number of ether oxygens (including phenoxy) is 1. The van der Waals surface area contributed by atoms with Crippen molar-refractivity contribution in [3.8, 4) is 0 Å². The maximum atomic E-state index is 14.8. The lowest BCUT2D eigenvalue weighted by atomic mass is 10.1. The monoisotopic (exact) mass is 484 g/mol. The first-order valence-electron chi connectivity index (χ1n) is 11.4. The Hall–Kier alpha value is -3.80. The van der Waals surface area contributed by atoms with Crippen molar-refractivity contribution in [2.75, 3.05) is 55.3 Å². The smallest absolute Gasteiger partial charge is 0.246 e. The number of carbonyl (C=O) groups excluding carboxylic acids is 1. The van der Waals surface area contributed by atoms with Crippen molar-refractivity contribution in [1.29, 1.82) is 0 Å². The predicted octanol–water partition coefficient (Wildman–Crippen LogP) is 2.62. The van der Waals surface area contributed by atoms with Crippen LogP contribution in [0.4, 0.5) is 31.9 Å². The highest BCUT2D eigenvalue weighted by molar-refractivity contribution is 5.87. The largest absolute Gasteiger partial charge is 0.382 e. The number of hydrogen-bond acceptors (Lipinski definition) is 8. The first-order chi connectivity index (χ1) is 16.9. The minimum atomic E-state index is -0.692. The van der Waals surface area contributed by atoms with Crippen LogP contribution in [0.5, 0.6) is 0 Å². The second kappa shape index (κ2) is 9.45.